The lowest BCUT2D eigenvalue weighted by atomic mass is 10.0. The zero-order valence-electron chi connectivity index (χ0n) is 20.1. The highest BCUT2D eigenvalue weighted by molar-refractivity contribution is 5.95. The molecule has 0 aliphatic carbocycles. The van der Waals surface area contributed by atoms with Crippen molar-refractivity contribution in [2.45, 2.75) is 70.1 Å². The second-order valence-electron chi connectivity index (χ2n) is 8.27. The smallest absolute Gasteiger partial charge is 0.326 e. The molecule has 36 heavy (non-hydrogen) atoms. The van der Waals surface area contributed by atoms with E-state index in [2.05, 4.69) is 15.6 Å². The van der Waals surface area contributed by atoms with Crippen molar-refractivity contribution in [2.24, 2.45) is 28.1 Å². The van der Waals surface area contributed by atoms with Crippen LogP contribution in [0.1, 0.15) is 46.0 Å². The largest absolute Gasteiger partial charge is 0.481 e. The first-order valence-electron chi connectivity index (χ1n) is 11.0. The number of carbonyl (C=O) groups excluding carboxylic acids is 3. The maximum atomic E-state index is 12.9. The summed E-state index contributed by atoms with van der Waals surface area (Å²) in [6.45, 7) is 3.49. The molecule has 0 bridgehead atoms. The van der Waals surface area contributed by atoms with Crippen molar-refractivity contribution in [1.29, 1.82) is 0 Å². The monoisotopic (exact) mass is 517 g/mol. The minimum Gasteiger partial charge on any atom is -0.481 e. The molecule has 0 aliphatic rings. The Labute approximate surface area is 207 Å². The summed E-state index contributed by atoms with van der Waals surface area (Å²) in [5, 5.41) is 33.8. The molecule has 0 aromatic heterocycles. The van der Waals surface area contributed by atoms with Crippen LogP contribution in [0, 0.1) is 5.92 Å². The van der Waals surface area contributed by atoms with E-state index >= 15 is 0 Å². The minimum absolute atomic E-state index is 0.00303. The molecule has 16 heteroatoms. The summed E-state index contributed by atoms with van der Waals surface area (Å²) in [6, 6.07) is -5.57. The molecule has 0 aromatic rings. The topological polar surface area (TPSA) is 290 Å². The van der Waals surface area contributed by atoms with Crippen LogP contribution in [0.15, 0.2) is 4.99 Å². The van der Waals surface area contributed by atoms with Gasteiger partial charge in [0.1, 0.15) is 18.1 Å². The first-order valence-corrected chi connectivity index (χ1v) is 11.0. The number of guanidine groups is 1. The van der Waals surface area contributed by atoms with Gasteiger partial charge in [-0.2, -0.15) is 0 Å². The Morgan fingerprint density at radius 2 is 1.31 bits per heavy atom. The van der Waals surface area contributed by atoms with Crippen LogP contribution in [0.2, 0.25) is 0 Å². The van der Waals surface area contributed by atoms with Crippen LogP contribution < -0.4 is 33.2 Å². The Balaban J connectivity index is 5.63. The number of carbonyl (C=O) groups is 6. The Bertz CT molecular complexity index is 843. The highest BCUT2D eigenvalue weighted by Gasteiger charge is 2.32. The molecule has 0 spiro atoms. The zero-order chi connectivity index (χ0) is 28.0. The number of aliphatic imine (C=N–C) groups is 1. The van der Waals surface area contributed by atoms with Crippen LogP contribution in [-0.2, 0) is 28.8 Å². The van der Waals surface area contributed by atoms with Gasteiger partial charge in [0.25, 0.3) is 0 Å². The summed E-state index contributed by atoms with van der Waals surface area (Å²) in [6.07, 6.45) is -1.74. The summed E-state index contributed by atoms with van der Waals surface area (Å²) in [5.41, 5.74) is 16.3. The molecular weight excluding hydrogens is 482 g/mol. The van der Waals surface area contributed by atoms with Gasteiger partial charge in [-0.3, -0.25) is 29.0 Å². The molecular formula is C20H35N7O9. The molecule has 0 saturated carbocycles. The number of carboxylic acids is 3. The average Bonchev–Trinajstić information content (AvgIpc) is 2.76. The maximum Gasteiger partial charge on any atom is 0.326 e. The van der Waals surface area contributed by atoms with Gasteiger partial charge in [-0.15, -0.1) is 0 Å². The number of hydrogen-bond acceptors (Lipinski definition) is 8. The van der Waals surface area contributed by atoms with E-state index in [1.165, 1.54) is 0 Å². The standard InChI is InChI=1S/C20H35N7O9/c1-9(2)15(21)18(34)25-10(4-3-7-24-20(22)23)16(32)27-12(8-14(30)31)17(33)26-11(19(35)36)5-6-13(28)29/h9-12,15H,3-8,21H2,1-2H3,(H,25,34)(H,26,33)(H,27,32)(H,28,29)(H,30,31)(H,35,36)(H4,22,23,24). The number of carboxylic acid groups (broad SMARTS) is 3. The quantitative estimate of drug-likeness (QED) is 0.0526. The van der Waals surface area contributed by atoms with Crippen molar-refractivity contribution in [2.75, 3.05) is 6.54 Å². The van der Waals surface area contributed by atoms with Crippen molar-refractivity contribution in [3.63, 3.8) is 0 Å². The number of aliphatic carboxylic acids is 3. The van der Waals surface area contributed by atoms with E-state index in [0.29, 0.717) is 0 Å². The lowest BCUT2D eigenvalue weighted by Crippen LogP contribution is -2.58. The Morgan fingerprint density at radius 3 is 1.78 bits per heavy atom. The summed E-state index contributed by atoms with van der Waals surface area (Å²) >= 11 is 0. The fourth-order valence-corrected chi connectivity index (χ4v) is 2.80. The van der Waals surface area contributed by atoms with Gasteiger partial charge < -0.3 is 48.5 Å². The number of hydrogen-bond donors (Lipinski definition) is 9. The van der Waals surface area contributed by atoms with Gasteiger partial charge in [0.05, 0.1) is 12.5 Å². The van der Waals surface area contributed by atoms with E-state index in [4.69, 9.17) is 27.4 Å². The predicted molar refractivity (Wildman–Crippen MR) is 125 cm³/mol. The normalized spacial score (nSPS) is 14.0. The third kappa shape index (κ3) is 13.1. The molecule has 16 nitrogen and oxygen atoms in total. The van der Waals surface area contributed by atoms with E-state index < -0.39 is 79.1 Å². The Hall–Kier alpha value is -3.95. The van der Waals surface area contributed by atoms with Crippen molar-refractivity contribution in [1.82, 2.24) is 16.0 Å². The molecule has 3 amide bonds. The third-order valence-corrected chi connectivity index (χ3v) is 4.87. The van der Waals surface area contributed by atoms with Gasteiger partial charge in [0.15, 0.2) is 5.96 Å². The molecule has 204 valence electrons. The van der Waals surface area contributed by atoms with E-state index in [9.17, 15) is 33.9 Å². The summed E-state index contributed by atoms with van der Waals surface area (Å²) < 4.78 is 0. The van der Waals surface area contributed by atoms with Gasteiger partial charge in [-0.1, -0.05) is 13.8 Å². The third-order valence-electron chi connectivity index (χ3n) is 4.87. The van der Waals surface area contributed by atoms with Crippen LogP contribution in [0.3, 0.4) is 0 Å². The Morgan fingerprint density at radius 1 is 0.778 bits per heavy atom. The molecule has 0 rings (SSSR count). The first kappa shape index (κ1) is 32.0. The van der Waals surface area contributed by atoms with E-state index in [0.717, 1.165) is 0 Å². The van der Waals surface area contributed by atoms with E-state index in [1.54, 1.807) is 13.8 Å². The molecule has 0 aromatic carbocycles. The number of nitrogens with two attached hydrogens (primary N) is 3. The first-order chi connectivity index (χ1) is 16.6. The van der Waals surface area contributed by atoms with Crippen molar-refractivity contribution < 1.29 is 44.1 Å². The van der Waals surface area contributed by atoms with Crippen molar-refractivity contribution in [3.8, 4) is 0 Å². The molecule has 4 unspecified atom stereocenters. The number of nitrogens with zero attached hydrogens (tertiary/aromatic N) is 1. The van der Waals surface area contributed by atoms with Gasteiger partial charge in [-0.25, -0.2) is 4.79 Å². The molecule has 0 aliphatic heterocycles. The van der Waals surface area contributed by atoms with E-state index in [1.807, 2.05) is 5.32 Å². The van der Waals surface area contributed by atoms with Gasteiger partial charge in [-0.05, 0) is 25.2 Å². The summed E-state index contributed by atoms with van der Waals surface area (Å²) in [7, 11) is 0. The lowest BCUT2D eigenvalue weighted by molar-refractivity contribution is -0.144. The number of nitrogens with one attached hydrogen (secondary N) is 3. The van der Waals surface area contributed by atoms with Crippen LogP contribution in [0.4, 0.5) is 0 Å². The fourth-order valence-electron chi connectivity index (χ4n) is 2.80. The average molecular weight is 518 g/mol. The SMILES string of the molecule is CC(C)C(N)C(=O)NC(CCCN=C(N)N)C(=O)NC(CC(=O)O)C(=O)NC(CCC(=O)O)C(=O)O. The highest BCUT2D eigenvalue weighted by atomic mass is 16.4. The molecule has 12 N–H and O–H groups in total. The zero-order valence-corrected chi connectivity index (χ0v) is 20.1. The van der Waals surface area contributed by atoms with Crippen molar-refractivity contribution >= 4 is 41.6 Å². The maximum absolute atomic E-state index is 12.9. The number of rotatable bonds is 17. The van der Waals surface area contributed by atoms with Crippen LogP contribution in [0.25, 0.3) is 0 Å². The molecule has 4 atom stereocenters. The molecule has 0 heterocycles. The van der Waals surface area contributed by atoms with Gasteiger partial charge >= 0.3 is 17.9 Å². The molecule has 0 radical (unpaired) electrons. The Kier molecular flexibility index (Phi) is 14.1. The van der Waals surface area contributed by atoms with E-state index in [-0.39, 0.29) is 31.3 Å². The molecule has 0 saturated heterocycles. The summed E-state index contributed by atoms with van der Waals surface area (Å²) in [4.78, 5) is 75.0. The molecule has 0 fully saturated rings. The highest BCUT2D eigenvalue weighted by Crippen LogP contribution is 2.06. The predicted octanol–water partition coefficient (Wildman–Crippen LogP) is -3.10. The van der Waals surface area contributed by atoms with Crippen LogP contribution >= 0.6 is 0 Å². The van der Waals surface area contributed by atoms with Gasteiger partial charge in [0.2, 0.25) is 17.7 Å². The number of amides is 3. The van der Waals surface area contributed by atoms with Crippen LogP contribution in [-0.4, -0.2) is 87.6 Å². The van der Waals surface area contributed by atoms with Crippen molar-refractivity contribution in [3.05, 3.63) is 0 Å². The van der Waals surface area contributed by atoms with Crippen LogP contribution in [0.5, 0.6) is 0 Å². The second kappa shape index (κ2) is 15.9. The second-order valence-corrected chi connectivity index (χ2v) is 8.27. The fraction of sp³-hybridized carbons (Fsp3) is 0.650. The minimum atomic E-state index is -1.72. The lowest BCUT2D eigenvalue weighted by Gasteiger charge is -2.25. The van der Waals surface area contributed by atoms with Gasteiger partial charge in [0, 0.05) is 13.0 Å². The summed E-state index contributed by atoms with van der Waals surface area (Å²) in [5.74, 6) is -7.53.